The SMILES string of the molecule is CN=C(NCCCOC)NCC(C)c1ccc(F)cc1F.I. The molecule has 0 aliphatic rings. The van der Waals surface area contributed by atoms with Crippen molar-refractivity contribution in [1.29, 1.82) is 0 Å². The molecular formula is C15H24F2IN3O. The summed E-state index contributed by atoms with van der Waals surface area (Å²) in [5, 5.41) is 6.26. The number of methoxy groups -OCH3 is 1. The lowest BCUT2D eigenvalue weighted by atomic mass is 10.0. The molecule has 0 heterocycles. The van der Waals surface area contributed by atoms with E-state index in [1.165, 1.54) is 12.1 Å². The topological polar surface area (TPSA) is 45.7 Å². The third-order valence-corrected chi connectivity index (χ3v) is 3.11. The number of nitrogens with zero attached hydrogens (tertiary/aromatic N) is 1. The van der Waals surface area contributed by atoms with Gasteiger partial charge in [-0.1, -0.05) is 13.0 Å². The van der Waals surface area contributed by atoms with Crippen molar-refractivity contribution in [2.45, 2.75) is 19.3 Å². The van der Waals surface area contributed by atoms with E-state index < -0.39 is 11.6 Å². The van der Waals surface area contributed by atoms with Gasteiger partial charge in [0.05, 0.1) is 0 Å². The smallest absolute Gasteiger partial charge is 0.190 e. The molecule has 7 heteroatoms. The first kappa shape index (κ1) is 21.0. The fourth-order valence-electron chi connectivity index (χ4n) is 1.90. The van der Waals surface area contributed by atoms with Crippen LogP contribution in [0.1, 0.15) is 24.8 Å². The maximum absolute atomic E-state index is 13.7. The Hall–Kier alpha value is -0.960. The van der Waals surface area contributed by atoms with Crippen LogP contribution in [0.3, 0.4) is 0 Å². The van der Waals surface area contributed by atoms with Gasteiger partial charge >= 0.3 is 0 Å². The molecule has 2 N–H and O–H groups in total. The summed E-state index contributed by atoms with van der Waals surface area (Å²) in [6, 6.07) is 3.65. The standard InChI is InChI=1S/C15H23F2N3O.HI/c1-11(13-6-5-12(16)9-14(13)17)10-20-15(18-2)19-7-4-8-21-3;/h5-6,9,11H,4,7-8,10H2,1-3H3,(H2,18,19,20);1H. The number of ether oxygens (including phenoxy) is 1. The number of halogens is 3. The van der Waals surface area contributed by atoms with E-state index in [1.807, 2.05) is 6.92 Å². The average molecular weight is 427 g/mol. The zero-order chi connectivity index (χ0) is 15.7. The maximum Gasteiger partial charge on any atom is 0.190 e. The first-order valence-corrected chi connectivity index (χ1v) is 6.97. The molecule has 1 aromatic rings. The van der Waals surface area contributed by atoms with E-state index in [9.17, 15) is 8.78 Å². The molecule has 1 rings (SSSR count). The number of benzene rings is 1. The van der Waals surface area contributed by atoms with Crippen molar-refractivity contribution in [2.24, 2.45) is 4.99 Å². The van der Waals surface area contributed by atoms with E-state index in [2.05, 4.69) is 15.6 Å². The highest BCUT2D eigenvalue weighted by atomic mass is 127. The number of hydrogen-bond acceptors (Lipinski definition) is 2. The lowest BCUT2D eigenvalue weighted by molar-refractivity contribution is 0.195. The molecule has 0 saturated carbocycles. The molecule has 22 heavy (non-hydrogen) atoms. The van der Waals surface area contributed by atoms with Crippen LogP contribution in [0.25, 0.3) is 0 Å². The van der Waals surface area contributed by atoms with E-state index in [0.29, 0.717) is 24.7 Å². The van der Waals surface area contributed by atoms with E-state index in [-0.39, 0.29) is 29.9 Å². The molecule has 0 bridgehead atoms. The first-order chi connectivity index (χ1) is 10.1. The lowest BCUT2D eigenvalue weighted by Crippen LogP contribution is -2.39. The molecular weight excluding hydrogens is 403 g/mol. The second-order valence-electron chi connectivity index (χ2n) is 4.79. The minimum atomic E-state index is -0.563. The monoisotopic (exact) mass is 427 g/mol. The summed E-state index contributed by atoms with van der Waals surface area (Å²) in [7, 11) is 3.33. The highest BCUT2D eigenvalue weighted by Gasteiger charge is 2.12. The number of aliphatic imine (C=N–C) groups is 1. The highest BCUT2D eigenvalue weighted by Crippen LogP contribution is 2.18. The summed E-state index contributed by atoms with van der Waals surface area (Å²) >= 11 is 0. The Balaban J connectivity index is 0.00000441. The summed E-state index contributed by atoms with van der Waals surface area (Å²) < 4.78 is 31.5. The van der Waals surface area contributed by atoms with Gasteiger partial charge in [-0.05, 0) is 18.1 Å². The van der Waals surface area contributed by atoms with Gasteiger partial charge in [0, 0.05) is 45.8 Å². The minimum Gasteiger partial charge on any atom is -0.385 e. The molecule has 0 aliphatic carbocycles. The highest BCUT2D eigenvalue weighted by molar-refractivity contribution is 14.0. The summed E-state index contributed by atoms with van der Waals surface area (Å²) in [5.74, 6) is -0.525. The van der Waals surface area contributed by atoms with Crippen LogP contribution in [0.4, 0.5) is 8.78 Å². The van der Waals surface area contributed by atoms with Crippen LogP contribution >= 0.6 is 24.0 Å². The largest absolute Gasteiger partial charge is 0.385 e. The predicted octanol–water partition coefficient (Wildman–Crippen LogP) is 2.89. The third kappa shape index (κ3) is 7.35. The maximum atomic E-state index is 13.7. The number of hydrogen-bond donors (Lipinski definition) is 2. The zero-order valence-electron chi connectivity index (χ0n) is 13.2. The fourth-order valence-corrected chi connectivity index (χ4v) is 1.90. The Morgan fingerprint density at radius 1 is 1.32 bits per heavy atom. The van der Waals surface area contributed by atoms with E-state index >= 15 is 0 Å². The molecule has 1 atom stereocenters. The summed E-state index contributed by atoms with van der Waals surface area (Å²) in [5.41, 5.74) is 0.485. The minimum absolute atomic E-state index is 0. The molecule has 0 saturated heterocycles. The molecule has 0 aromatic heterocycles. The van der Waals surface area contributed by atoms with Gasteiger partial charge < -0.3 is 15.4 Å². The van der Waals surface area contributed by atoms with Gasteiger partial charge in [0.15, 0.2) is 5.96 Å². The van der Waals surface area contributed by atoms with E-state index in [1.54, 1.807) is 14.2 Å². The fraction of sp³-hybridized carbons (Fsp3) is 0.533. The van der Waals surface area contributed by atoms with E-state index in [4.69, 9.17) is 4.74 Å². The van der Waals surface area contributed by atoms with Crippen molar-refractivity contribution in [3.63, 3.8) is 0 Å². The number of rotatable bonds is 7. The van der Waals surface area contributed by atoms with Gasteiger partial charge in [0.25, 0.3) is 0 Å². The molecule has 126 valence electrons. The van der Waals surface area contributed by atoms with Crippen molar-refractivity contribution in [2.75, 3.05) is 33.9 Å². The van der Waals surface area contributed by atoms with Gasteiger partial charge in [-0.3, -0.25) is 4.99 Å². The second kappa shape index (κ2) is 11.6. The van der Waals surface area contributed by atoms with Crippen molar-refractivity contribution >= 4 is 29.9 Å². The quantitative estimate of drug-likeness (QED) is 0.305. The zero-order valence-corrected chi connectivity index (χ0v) is 15.5. The summed E-state index contributed by atoms with van der Waals surface area (Å²) in [6.45, 7) is 3.81. The molecule has 1 aromatic carbocycles. The summed E-state index contributed by atoms with van der Waals surface area (Å²) in [6.07, 6.45) is 0.874. The van der Waals surface area contributed by atoms with Crippen LogP contribution in [-0.4, -0.2) is 39.8 Å². The van der Waals surface area contributed by atoms with Gasteiger partial charge in [0.1, 0.15) is 11.6 Å². The molecule has 0 aliphatic heterocycles. The molecule has 0 fully saturated rings. The van der Waals surface area contributed by atoms with Crippen molar-refractivity contribution in [3.8, 4) is 0 Å². The molecule has 0 amide bonds. The van der Waals surface area contributed by atoms with Crippen LogP contribution < -0.4 is 10.6 Å². The number of nitrogens with one attached hydrogen (secondary N) is 2. The van der Waals surface area contributed by atoms with Crippen LogP contribution in [0.15, 0.2) is 23.2 Å². The molecule has 0 spiro atoms. The molecule has 1 unspecified atom stereocenters. The Kier molecular flexibility index (Phi) is 11.1. The lowest BCUT2D eigenvalue weighted by Gasteiger charge is -2.17. The van der Waals surface area contributed by atoms with Crippen molar-refractivity contribution < 1.29 is 13.5 Å². The van der Waals surface area contributed by atoms with Crippen LogP contribution in [0, 0.1) is 11.6 Å². The van der Waals surface area contributed by atoms with Crippen LogP contribution in [0.2, 0.25) is 0 Å². The number of guanidine groups is 1. The van der Waals surface area contributed by atoms with Crippen molar-refractivity contribution in [1.82, 2.24) is 10.6 Å². The Morgan fingerprint density at radius 2 is 2.05 bits per heavy atom. The van der Waals surface area contributed by atoms with Gasteiger partial charge in [-0.15, -0.1) is 24.0 Å². The normalized spacial score (nSPS) is 12.5. The second-order valence-corrected chi connectivity index (χ2v) is 4.79. The van der Waals surface area contributed by atoms with Crippen LogP contribution in [0.5, 0.6) is 0 Å². The van der Waals surface area contributed by atoms with Crippen LogP contribution in [-0.2, 0) is 4.74 Å². The summed E-state index contributed by atoms with van der Waals surface area (Å²) in [4.78, 5) is 4.09. The predicted molar refractivity (Wildman–Crippen MR) is 96.0 cm³/mol. The molecule has 0 radical (unpaired) electrons. The van der Waals surface area contributed by atoms with Crippen molar-refractivity contribution in [3.05, 3.63) is 35.4 Å². The van der Waals surface area contributed by atoms with Gasteiger partial charge in [-0.2, -0.15) is 0 Å². The van der Waals surface area contributed by atoms with E-state index in [0.717, 1.165) is 19.0 Å². The Bertz CT molecular complexity index is 472. The average Bonchev–Trinajstić information content (AvgIpc) is 2.46. The first-order valence-electron chi connectivity index (χ1n) is 6.97. The molecule has 4 nitrogen and oxygen atoms in total. The Morgan fingerprint density at radius 3 is 2.64 bits per heavy atom. The van der Waals surface area contributed by atoms with Gasteiger partial charge in [0.2, 0.25) is 0 Å². The van der Waals surface area contributed by atoms with Gasteiger partial charge in [-0.25, -0.2) is 8.78 Å². The Labute approximate surface area is 147 Å². The third-order valence-electron chi connectivity index (χ3n) is 3.11.